The van der Waals surface area contributed by atoms with E-state index in [1.807, 2.05) is 0 Å². The van der Waals surface area contributed by atoms with Crippen LogP contribution >= 0.6 is 11.6 Å². The zero-order valence-electron chi connectivity index (χ0n) is 17.5. The second kappa shape index (κ2) is 8.64. The lowest BCUT2D eigenvalue weighted by molar-refractivity contribution is -0.141. The van der Waals surface area contributed by atoms with Crippen molar-refractivity contribution in [1.82, 2.24) is 4.90 Å². The molecule has 0 unspecified atom stereocenters. The normalized spacial score (nSPS) is 23.6. The van der Waals surface area contributed by atoms with Crippen molar-refractivity contribution in [3.8, 4) is 0 Å². The first-order valence-electron chi connectivity index (χ1n) is 10.1. The summed E-state index contributed by atoms with van der Waals surface area (Å²) in [7, 11) is -2.11. The highest BCUT2D eigenvalue weighted by molar-refractivity contribution is 7.91. The van der Waals surface area contributed by atoms with Gasteiger partial charge >= 0.3 is 5.97 Å². The molecule has 2 aliphatic rings. The fraction of sp³-hybridized carbons (Fsp3) is 0.261. The number of amides is 1. The molecule has 4 rings (SSSR count). The number of carbonyl (C=O) groups excluding carboxylic acids is 3. The number of ether oxygens (including phenoxy) is 1. The maximum atomic E-state index is 13.1. The summed E-state index contributed by atoms with van der Waals surface area (Å²) in [5.41, 5.74) is 0.839. The Hall–Kier alpha value is -3.17. The monoisotopic (exact) mass is 489 g/mol. The number of aliphatic hydroxyl groups excluding tert-OH is 1. The number of halogens is 1. The zero-order chi connectivity index (χ0) is 23.9. The van der Waals surface area contributed by atoms with Gasteiger partial charge in [0.25, 0.3) is 11.7 Å². The van der Waals surface area contributed by atoms with Gasteiger partial charge in [-0.3, -0.25) is 9.59 Å². The van der Waals surface area contributed by atoms with Gasteiger partial charge in [0, 0.05) is 16.6 Å². The summed E-state index contributed by atoms with van der Waals surface area (Å²) < 4.78 is 28.9. The van der Waals surface area contributed by atoms with Crippen LogP contribution in [-0.4, -0.2) is 60.7 Å². The lowest BCUT2D eigenvalue weighted by Gasteiger charge is -2.30. The molecule has 0 spiro atoms. The number of hydrogen-bond acceptors (Lipinski definition) is 7. The molecule has 1 N–H and O–H groups in total. The Bertz CT molecular complexity index is 1270. The molecule has 2 fully saturated rings. The summed E-state index contributed by atoms with van der Waals surface area (Å²) >= 11 is 5.92. The Morgan fingerprint density at radius 3 is 2.21 bits per heavy atom. The third kappa shape index (κ3) is 4.26. The van der Waals surface area contributed by atoms with E-state index >= 15 is 0 Å². The smallest absolute Gasteiger partial charge is 0.337 e. The molecule has 0 aliphatic carbocycles. The van der Waals surface area contributed by atoms with Crippen molar-refractivity contribution >= 4 is 44.9 Å². The lowest BCUT2D eigenvalue weighted by atomic mass is 9.94. The van der Waals surface area contributed by atoms with E-state index in [2.05, 4.69) is 0 Å². The summed E-state index contributed by atoms with van der Waals surface area (Å²) in [4.78, 5) is 39.2. The first-order chi connectivity index (χ1) is 15.6. The van der Waals surface area contributed by atoms with Crippen molar-refractivity contribution in [1.29, 1.82) is 0 Å². The van der Waals surface area contributed by atoms with Crippen LogP contribution in [0.15, 0.2) is 54.1 Å². The molecular weight excluding hydrogens is 470 g/mol. The lowest BCUT2D eigenvalue weighted by Crippen LogP contribution is -2.40. The quantitative estimate of drug-likeness (QED) is 0.303. The van der Waals surface area contributed by atoms with E-state index < -0.39 is 45.3 Å². The number of Topliss-reactive ketones (excluding diaryl/α,β-unsaturated/α-hetero) is 1. The van der Waals surface area contributed by atoms with E-state index in [0.29, 0.717) is 10.6 Å². The SMILES string of the molecule is COC(=O)c1ccc([C@@H]2C(=C(O)c3ccc(Cl)cc3)C(=O)C(=O)N2[C@@H]2CCS(=O)(=O)C2)cc1. The molecule has 2 saturated heterocycles. The van der Waals surface area contributed by atoms with Crippen LogP contribution in [0.25, 0.3) is 5.76 Å². The molecule has 2 aromatic rings. The van der Waals surface area contributed by atoms with Gasteiger partial charge in [0.1, 0.15) is 5.76 Å². The number of benzene rings is 2. The van der Waals surface area contributed by atoms with Crippen LogP contribution in [0.1, 0.15) is 33.9 Å². The van der Waals surface area contributed by atoms with Gasteiger partial charge in [0.15, 0.2) is 9.84 Å². The molecule has 172 valence electrons. The Morgan fingerprint density at radius 1 is 1.06 bits per heavy atom. The number of carbonyl (C=O) groups is 3. The number of nitrogens with zero attached hydrogens (tertiary/aromatic N) is 1. The largest absolute Gasteiger partial charge is 0.507 e. The maximum absolute atomic E-state index is 13.1. The van der Waals surface area contributed by atoms with E-state index in [-0.39, 0.29) is 34.6 Å². The summed E-state index contributed by atoms with van der Waals surface area (Å²) in [6, 6.07) is 10.4. The van der Waals surface area contributed by atoms with E-state index in [0.717, 1.165) is 0 Å². The van der Waals surface area contributed by atoms with E-state index in [1.54, 1.807) is 12.1 Å². The molecule has 8 nitrogen and oxygen atoms in total. The van der Waals surface area contributed by atoms with Crippen LogP contribution in [0, 0.1) is 0 Å². The first kappa shape index (κ1) is 23.0. The van der Waals surface area contributed by atoms with E-state index in [1.165, 1.54) is 48.4 Å². The average Bonchev–Trinajstić information content (AvgIpc) is 3.29. The molecule has 2 atom stereocenters. The Kier molecular flexibility index (Phi) is 6.02. The van der Waals surface area contributed by atoms with Crippen LogP contribution in [0.4, 0.5) is 0 Å². The van der Waals surface area contributed by atoms with Crippen molar-refractivity contribution in [2.24, 2.45) is 0 Å². The van der Waals surface area contributed by atoms with Gasteiger partial charge in [0.2, 0.25) is 0 Å². The minimum atomic E-state index is -3.36. The van der Waals surface area contributed by atoms with E-state index in [4.69, 9.17) is 16.3 Å². The van der Waals surface area contributed by atoms with Crippen molar-refractivity contribution in [2.75, 3.05) is 18.6 Å². The van der Waals surface area contributed by atoms with Gasteiger partial charge < -0.3 is 14.7 Å². The first-order valence-corrected chi connectivity index (χ1v) is 12.3. The van der Waals surface area contributed by atoms with Crippen molar-refractivity contribution in [3.63, 3.8) is 0 Å². The molecule has 2 heterocycles. The minimum Gasteiger partial charge on any atom is -0.507 e. The Balaban J connectivity index is 1.86. The molecule has 0 radical (unpaired) electrons. The number of rotatable bonds is 4. The highest BCUT2D eigenvalue weighted by Crippen LogP contribution is 2.42. The van der Waals surface area contributed by atoms with Gasteiger partial charge in [-0.2, -0.15) is 0 Å². The van der Waals surface area contributed by atoms with Crippen molar-refractivity contribution < 1.29 is 32.6 Å². The third-order valence-electron chi connectivity index (χ3n) is 5.85. The summed E-state index contributed by atoms with van der Waals surface area (Å²) in [5.74, 6) is -3.10. The standard InChI is InChI=1S/C23H20ClNO7S/c1-32-23(29)15-4-2-13(3-5-15)19-18(20(26)14-6-8-16(24)9-7-14)21(27)22(28)25(19)17-10-11-33(30,31)12-17/h2-9,17,19,26H,10-12H2,1H3/t17-,19-/m1/s1. The van der Waals surface area contributed by atoms with Gasteiger partial charge in [-0.25, -0.2) is 13.2 Å². The van der Waals surface area contributed by atoms with Gasteiger partial charge in [-0.1, -0.05) is 23.7 Å². The second-order valence-corrected chi connectivity index (χ2v) is 10.5. The fourth-order valence-electron chi connectivity index (χ4n) is 4.23. The average molecular weight is 490 g/mol. The molecule has 2 aliphatic heterocycles. The van der Waals surface area contributed by atoms with Crippen LogP contribution in [0.3, 0.4) is 0 Å². The predicted octanol–water partition coefficient (Wildman–Crippen LogP) is 2.74. The van der Waals surface area contributed by atoms with Crippen molar-refractivity contribution in [2.45, 2.75) is 18.5 Å². The van der Waals surface area contributed by atoms with Crippen molar-refractivity contribution in [3.05, 3.63) is 75.8 Å². The molecule has 33 heavy (non-hydrogen) atoms. The molecule has 0 aromatic heterocycles. The van der Waals surface area contributed by atoms with Gasteiger partial charge in [-0.15, -0.1) is 0 Å². The second-order valence-electron chi connectivity index (χ2n) is 7.88. The number of aliphatic hydroxyl groups is 1. The molecule has 1 amide bonds. The number of esters is 1. The fourth-order valence-corrected chi connectivity index (χ4v) is 6.07. The Labute approximate surface area is 195 Å². The molecular formula is C23H20ClNO7S. The topological polar surface area (TPSA) is 118 Å². The number of ketones is 1. The van der Waals surface area contributed by atoms with Gasteiger partial charge in [0.05, 0.1) is 35.8 Å². The van der Waals surface area contributed by atoms with Crippen LogP contribution in [0.2, 0.25) is 5.02 Å². The highest BCUT2D eigenvalue weighted by atomic mass is 35.5. The number of hydrogen-bond donors (Lipinski definition) is 1. The molecule has 0 bridgehead atoms. The number of methoxy groups -OCH3 is 1. The molecule has 0 saturated carbocycles. The number of sulfone groups is 1. The van der Waals surface area contributed by atoms with Crippen LogP contribution < -0.4 is 0 Å². The molecule has 2 aromatic carbocycles. The summed E-state index contributed by atoms with van der Waals surface area (Å²) in [5, 5.41) is 11.4. The minimum absolute atomic E-state index is 0.0914. The summed E-state index contributed by atoms with van der Waals surface area (Å²) in [6.45, 7) is 0. The Morgan fingerprint density at radius 2 is 1.67 bits per heavy atom. The van der Waals surface area contributed by atoms with Crippen LogP contribution in [-0.2, 0) is 24.2 Å². The summed E-state index contributed by atoms with van der Waals surface area (Å²) in [6.07, 6.45) is 0.188. The third-order valence-corrected chi connectivity index (χ3v) is 7.85. The van der Waals surface area contributed by atoms with E-state index in [9.17, 15) is 27.9 Å². The molecule has 10 heteroatoms. The highest BCUT2D eigenvalue weighted by Gasteiger charge is 2.50. The van der Waals surface area contributed by atoms with Gasteiger partial charge in [-0.05, 0) is 48.4 Å². The van der Waals surface area contributed by atoms with Crippen LogP contribution in [0.5, 0.6) is 0 Å². The number of likely N-dealkylation sites (tertiary alicyclic amines) is 1. The predicted molar refractivity (Wildman–Crippen MR) is 120 cm³/mol. The zero-order valence-corrected chi connectivity index (χ0v) is 19.1. The maximum Gasteiger partial charge on any atom is 0.337 e.